The van der Waals surface area contributed by atoms with E-state index < -0.39 is 0 Å². The maximum absolute atomic E-state index is 10.2. The molecule has 3 rings (SSSR count). The number of aliphatic hydroxyl groups is 1. The summed E-state index contributed by atoms with van der Waals surface area (Å²) in [7, 11) is 0. The van der Waals surface area contributed by atoms with E-state index in [0.29, 0.717) is 6.04 Å². The monoisotopic (exact) mass is 337 g/mol. The lowest BCUT2D eigenvalue weighted by Crippen LogP contribution is -2.54. The van der Waals surface area contributed by atoms with Crippen molar-refractivity contribution >= 4 is 11.3 Å². The zero-order valence-corrected chi connectivity index (χ0v) is 15.6. The van der Waals surface area contributed by atoms with Gasteiger partial charge in [-0.3, -0.25) is 9.80 Å². The summed E-state index contributed by atoms with van der Waals surface area (Å²) in [4.78, 5) is 9.84. The average molecular weight is 338 g/mol. The van der Waals surface area contributed by atoms with Crippen LogP contribution in [0.1, 0.15) is 57.2 Å². The number of piperazine rings is 1. The maximum Gasteiger partial charge on any atom is 0.0982 e. The Labute approximate surface area is 144 Å². The lowest BCUT2D eigenvalue weighted by Gasteiger charge is -2.42. The van der Waals surface area contributed by atoms with Gasteiger partial charge in [-0.1, -0.05) is 33.6 Å². The Morgan fingerprint density at radius 2 is 1.87 bits per heavy atom. The molecule has 2 fully saturated rings. The van der Waals surface area contributed by atoms with Crippen LogP contribution in [0.2, 0.25) is 0 Å². The van der Waals surface area contributed by atoms with Crippen molar-refractivity contribution in [1.29, 1.82) is 0 Å². The molecule has 2 atom stereocenters. The van der Waals surface area contributed by atoms with Crippen LogP contribution in [0.15, 0.2) is 5.38 Å². The van der Waals surface area contributed by atoms with E-state index in [1.54, 1.807) is 11.3 Å². The van der Waals surface area contributed by atoms with Crippen molar-refractivity contribution in [3.63, 3.8) is 0 Å². The molecule has 5 heteroatoms. The maximum atomic E-state index is 10.2. The summed E-state index contributed by atoms with van der Waals surface area (Å²) in [6.07, 6.45) is 4.51. The van der Waals surface area contributed by atoms with Crippen molar-refractivity contribution in [2.75, 3.05) is 26.2 Å². The van der Waals surface area contributed by atoms with Crippen LogP contribution in [0.3, 0.4) is 0 Å². The molecule has 1 aliphatic carbocycles. The van der Waals surface area contributed by atoms with Crippen LogP contribution in [0.5, 0.6) is 0 Å². The van der Waals surface area contributed by atoms with Gasteiger partial charge in [-0.2, -0.15) is 0 Å². The van der Waals surface area contributed by atoms with Crippen LogP contribution in [-0.2, 0) is 12.0 Å². The van der Waals surface area contributed by atoms with Gasteiger partial charge in [-0.25, -0.2) is 4.98 Å². The summed E-state index contributed by atoms with van der Waals surface area (Å²) in [5.41, 5.74) is 1.37. The molecule has 1 aromatic heterocycles. The zero-order valence-electron chi connectivity index (χ0n) is 14.8. The highest BCUT2D eigenvalue weighted by Gasteiger charge is 2.31. The van der Waals surface area contributed by atoms with Gasteiger partial charge in [-0.05, 0) is 12.8 Å². The fourth-order valence-electron chi connectivity index (χ4n) is 3.72. The third kappa shape index (κ3) is 4.32. The normalized spacial score (nSPS) is 28.2. The van der Waals surface area contributed by atoms with Crippen molar-refractivity contribution in [3.05, 3.63) is 16.1 Å². The molecular formula is C18H31N3OS. The Bertz CT molecular complexity index is 503. The van der Waals surface area contributed by atoms with Crippen LogP contribution in [0.25, 0.3) is 0 Å². The summed E-state index contributed by atoms with van der Waals surface area (Å²) in [5.74, 6) is 0. The molecule has 1 saturated carbocycles. The van der Waals surface area contributed by atoms with Gasteiger partial charge in [0.1, 0.15) is 0 Å². The van der Waals surface area contributed by atoms with Crippen molar-refractivity contribution in [3.8, 4) is 0 Å². The second kappa shape index (κ2) is 7.18. The number of hydrogen-bond acceptors (Lipinski definition) is 5. The van der Waals surface area contributed by atoms with E-state index in [0.717, 1.165) is 39.1 Å². The first-order chi connectivity index (χ1) is 10.9. The third-order valence-electron chi connectivity index (χ3n) is 5.15. The second-order valence-electron chi connectivity index (χ2n) is 8.13. The summed E-state index contributed by atoms with van der Waals surface area (Å²) >= 11 is 1.79. The van der Waals surface area contributed by atoms with Crippen molar-refractivity contribution in [2.24, 2.45) is 0 Å². The minimum Gasteiger partial charge on any atom is -0.391 e. The Kier molecular flexibility index (Phi) is 5.41. The first kappa shape index (κ1) is 17.3. The number of rotatable bonds is 3. The molecule has 0 radical (unpaired) electrons. The highest BCUT2D eigenvalue weighted by molar-refractivity contribution is 7.09. The molecule has 2 heterocycles. The predicted octanol–water partition coefficient (Wildman–Crippen LogP) is 2.86. The topological polar surface area (TPSA) is 39.6 Å². The van der Waals surface area contributed by atoms with Gasteiger partial charge in [0.05, 0.1) is 16.8 Å². The molecule has 1 aliphatic heterocycles. The number of hydrogen-bond donors (Lipinski definition) is 1. The Hall–Kier alpha value is -0.490. The second-order valence-corrected chi connectivity index (χ2v) is 8.98. The van der Waals surface area contributed by atoms with Gasteiger partial charge in [0.15, 0.2) is 0 Å². The van der Waals surface area contributed by atoms with Crippen LogP contribution >= 0.6 is 11.3 Å². The molecule has 1 saturated heterocycles. The molecule has 2 unspecified atom stereocenters. The molecule has 4 nitrogen and oxygen atoms in total. The summed E-state index contributed by atoms with van der Waals surface area (Å²) in [6, 6.07) is 0.401. The minimum absolute atomic E-state index is 0.108. The molecule has 23 heavy (non-hydrogen) atoms. The van der Waals surface area contributed by atoms with E-state index in [1.807, 2.05) is 0 Å². The van der Waals surface area contributed by atoms with Crippen LogP contribution in [0, 0.1) is 0 Å². The van der Waals surface area contributed by atoms with E-state index in [1.165, 1.54) is 30.0 Å². The number of nitrogens with zero attached hydrogens (tertiary/aromatic N) is 3. The van der Waals surface area contributed by atoms with Gasteiger partial charge in [0, 0.05) is 49.6 Å². The Balaban J connectivity index is 1.50. The van der Waals surface area contributed by atoms with Gasteiger partial charge >= 0.3 is 0 Å². The number of thiazole rings is 1. The van der Waals surface area contributed by atoms with Gasteiger partial charge in [-0.15, -0.1) is 11.3 Å². The number of aromatic nitrogens is 1. The molecule has 130 valence electrons. The lowest BCUT2D eigenvalue weighted by molar-refractivity contribution is -0.00487. The van der Waals surface area contributed by atoms with Gasteiger partial charge in [0.25, 0.3) is 0 Å². The standard InChI is InChI=1S/C18H31N3OS/c1-18(2,3)17-19-14(13-23-17)12-20-8-10-21(11-9-20)15-6-4-5-7-16(15)22/h13,15-16,22H,4-12H2,1-3H3. The molecule has 1 aromatic rings. The quantitative estimate of drug-likeness (QED) is 0.921. The van der Waals surface area contributed by atoms with Crippen molar-refractivity contribution in [1.82, 2.24) is 14.8 Å². The first-order valence-electron chi connectivity index (χ1n) is 9.03. The SMILES string of the molecule is CC(C)(C)c1nc(CN2CCN(C3CCCCC3O)CC2)cs1. The molecule has 1 N–H and O–H groups in total. The van der Waals surface area contributed by atoms with Crippen molar-refractivity contribution < 1.29 is 5.11 Å². The summed E-state index contributed by atoms with van der Waals surface area (Å²) < 4.78 is 0. The lowest BCUT2D eigenvalue weighted by atomic mass is 9.91. The Morgan fingerprint density at radius 3 is 2.48 bits per heavy atom. The van der Waals surface area contributed by atoms with E-state index in [2.05, 4.69) is 36.0 Å². The van der Waals surface area contributed by atoms with Gasteiger partial charge in [0.2, 0.25) is 0 Å². The average Bonchev–Trinajstić information content (AvgIpc) is 2.97. The molecule has 0 bridgehead atoms. The highest BCUT2D eigenvalue weighted by Crippen LogP contribution is 2.27. The third-order valence-corrected chi connectivity index (χ3v) is 6.47. The Morgan fingerprint density at radius 1 is 1.17 bits per heavy atom. The van der Waals surface area contributed by atoms with Crippen LogP contribution < -0.4 is 0 Å². The fourth-order valence-corrected chi connectivity index (χ4v) is 4.62. The van der Waals surface area contributed by atoms with Crippen LogP contribution in [0.4, 0.5) is 0 Å². The van der Waals surface area contributed by atoms with E-state index in [-0.39, 0.29) is 11.5 Å². The smallest absolute Gasteiger partial charge is 0.0982 e. The van der Waals surface area contributed by atoms with Crippen LogP contribution in [-0.4, -0.2) is 58.2 Å². The summed E-state index contributed by atoms with van der Waals surface area (Å²) in [6.45, 7) is 12.0. The highest BCUT2D eigenvalue weighted by atomic mass is 32.1. The molecule has 0 spiro atoms. The summed E-state index contributed by atoms with van der Waals surface area (Å²) in [5, 5.41) is 13.7. The van der Waals surface area contributed by atoms with Gasteiger partial charge < -0.3 is 5.11 Å². The largest absolute Gasteiger partial charge is 0.391 e. The zero-order chi connectivity index (χ0) is 16.4. The molecule has 0 amide bonds. The number of aliphatic hydroxyl groups excluding tert-OH is 1. The van der Waals surface area contributed by atoms with E-state index >= 15 is 0 Å². The molecule has 2 aliphatic rings. The van der Waals surface area contributed by atoms with E-state index in [4.69, 9.17) is 4.98 Å². The van der Waals surface area contributed by atoms with E-state index in [9.17, 15) is 5.11 Å². The predicted molar refractivity (Wildman–Crippen MR) is 95.9 cm³/mol. The van der Waals surface area contributed by atoms with Crippen molar-refractivity contribution in [2.45, 2.75) is 70.6 Å². The molecule has 0 aromatic carbocycles. The fraction of sp³-hybridized carbons (Fsp3) is 0.833. The first-order valence-corrected chi connectivity index (χ1v) is 9.91. The molecular weight excluding hydrogens is 306 g/mol. The minimum atomic E-state index is -0.108.